The molecule has 0 aliphatic rings. The summed E-state index contributed by atoms with van der Waals surface area (Å²) in [5, 5.41) is 11.3. The van der Waals surface area contributed by atoms with Crippen molar-refractivity contribution in [1.82, 2.24) is 5.32 Å². The van der Waals surface area contributed by atoms with Crippen LogP contribution in [0.1, 0.15) is 20.8 Å². The molecule has 0 aromatic heterocycles. The average Bonchev–Trinajstić information content (AvgIpc) is 1.65. The Morgan fingerprint density at radius 3 is 2.10 bits per heavy atom. The molecular formula is C6H14ClNO2. The summed E-state index contributed by atoms with van der Waals surface area (Å²) < 4.78 is 0. The van der Waals surface area contributed by atoms with Crippen LogP contribution in [0.5, 0.6) is 0 Å². The Morgan fingerprint density at radius 1 is 1.60 bits per heavy atom. The second-order valence-electron chi connectivity index (χ2n) is 2.46. The van der Waals surface area contributed by atoms with E-state index in [-0.39, 0.29) is 12.4 Å². The second-order valence-corrected chi connectivity index (χ2v) is 2.46. The Labute approximate surface area is 67.2 Å². The van der Waals surface area contributed by atoms with Crippen LogP contribution in [0.3, 0.4) is 0 Å². The molecule has 0 aliphatic carbocycles. The molecule has 0 bridgehead atoms. The molecule has 0 unspecified atom stereocenters. The first kappa shape index (κ1) is 12.4. The second kappa shape index (κ2) is 4.52. The van der Waals surface area contributed by atoms with Gasteiger partial charge in [0.25, 0.3) is 0 Å². The van der Waals surface area contributed by atoms with Gasteiger partial charge in [-0.2, -0.15) is 0 Å². The molecule has 0 radical (unpaired) electrons. The van der Waals surface area contributed by atoms with Crippen molar-refractivity contribution in [2.24, 2.45) is 0 Å². The molecular weight excluding hydrogens is 154 g/mol. The van der Waals surface area contributed by atoms with Crippen molar-refractivity contribution >= 4 is 18.4 Å². The van der Waals surface area contributed by atoms with Gasteiger partial charge in [-0.25, -0.2) is 0 Å². The zero-order valence-electron chi connectivity index (χ0n) is 6.47. The minimum Gasteiger partial charge on any atom is -0.480 e. The summed E-state index contributed by atoms with van der Waals surface area (Å²) in [5.41, 5.74) is -0.783. The van der Waals surface area contributed by atoms with Crippen molar-refractivity contribution in [2.75, 3.05) is 6.54 Å². The topological polar surface area (TPSA) is 49.3 Å². The first-order valence-electron chi connectivity index (χ1n) is 2.99. The Morgan fingerprint density at radius 2 is 2.00 bits per heavy atom. The Balaban J connectivity index is 0. The molecule has 0 spiro atoms. The number of likely N-dealkylation sites (N-methyl/N-ethyl adjacent to an activating group) is 1. The molecule has 10 heavy (non-hydrogen) atoms. The number of halogens is 1. The smallest absolute Gasteiger partial charge is 0.323 e. The SMILES string of the molecule is CCNC(C)(C)C(=O)O.Cl. The Bertz CT molecular complexity index is 114. The largest absolute Gasteiger partial charge is 0.480 e. The fourth-order valence-electron chi connectivity index (χ4n) is 0.518. The van der Waals surface area contributed by atoms with Crippen molar-refractivity contribution in [3.8, 4) is 0 Å². The van der Waals surface area contributed by atoms with E-state index in [0.717, 1.165) is 0 Å². The first-order valence-corrected chi connectivity index (χ1v) is 2.99. The molecule has 0 saturated carbocycles. The highest BCUT2D eigenvalue weighted by Gasteiger charge is 2.24. The first-order chi connectivity index (χ1) is 4.00. The average molecular weight is 168 g/mol. The van der Waals surface area contributed by atoms with E-state index in [9.17, 15) is 4.79 Å². The highest BCUT2D eigenvalue weighted by Crippen LogP contribution is 1.99. The van der Waals surface area contributed by atoms with Crippen LogP contribution in [0, 0.1) is 0 Å². The van der Waals surface area contributed by atoms with Crippen molar-refractivity contribution in [2.45, 2.75) is 26.3 Å². The molecule has 62 valence electrons. The fraction of sp³-hybridized carbons (Fsp3) is 0.833. The Hall–Kier alpha value is -0.280. The lowest BCUT2D eigenvalue weighted by atomic mass is 10.1. The van der Waals surface area contributed by atoms with Gasteiger partial charge in [-0.15, -0.1) is 12.4 Å². The summed E-state index contributed by atoms with van der Waals surface area (Å²) in [6.07, 6.45) is 0. The van der Waals surface area contributed by atoms with Gasteiger partial charge in [-0.1, -0.05) is 6.92 Å². The summed E-state index contributed by atoms with van der Waals surface area (Å²) in [5.74, 6) is -0.815. The Kier molecular flexibility index (Phi) is 5.61. The van der Waals surface area contributed by atoms with E-state index in [2.05, 4.69) is 5.32 Å². The normalized spacial score (nSPS) is 10.3. The van der Waals surface area contributed by atoms with Gasteiger partial charge in [-0.3, -0.25) is 4.79 Å². The minimum absolute atomic E-state index is 0. The molecule has 0 heterocycles. The highest BCUT2D eigenvalue weighted by atomic mass is 35.5. The maximum Gasteiger partial charge on any atom is 0.323 e. The van der Waals surface area contributed by atoms with E-state index >= 15 is 0 Å². The molecule has 0 aromatic carbocycles. The maximum atomic E-state index is 10.3. The van der Waals surface area contributed by atoms with Crippen LogP contribution in [0.25, 0.3) is 0 Å². The van der Waals surface area contributed by atoms with Gasteiger partial charge < -0.3 is 10.4 Å². The maximum absolute atomic E-state index is 10.3. The molecule has 0 rings (SSSR count). The third-order valence-electron chi connectivity index (χ3n) is 1.15. The van der Waals surface area contributed by atoms with Crippen molar-refractivity contribution in [3.05, 3.63) is 0 Å². The number of carboxylic acids is 1. The lowest BCUT2D eigenvalue weighted by Crippen LogP contribution is -2.46. The molecule has 0 atom stereocenters. The number of hydrogen-bond acceptors (Lipinski definition) is 2. The van der Waals surface area contributed by atoms with Crippen LogP contribution in [-0.2, 0) is 4.79 Å². The van der Waals surface area contributed by atoms with Gasteiger partial charge in [0.15, 0.2) is 0 Å². The van der Waals surface area contributed by atoms with Crippen molar-refractivity contribution < 1.29 is 9.90 Å². The van der Waals surface area contributed by atoms with E-state index < -0.39 is 11.5 Å². The number of carbonyl (C=O) groups is 1. The van der Waals surface area contributed by atoms with Crippen LogP contribution in [0.2, 0.25) is 0 Å². The zero-order chi connectivity index (χ0) is 7.49. The van der Waals surface area contributed by atoms with Gasteiger partial charge in [0, 0.05) is 0 Å². The van der Waals surface area contributed by atoms with Crippen molar-refractivity contribution in [1.29, 1.82) is 0 Å². The van der Waals surface area contributed by atoms with Crippen LogP contribution in [-0.4, -0.2) is 23.2 Å². The predicted octanol–water partition coefficient (Wildman–Crippen LogP) is 0.881. The van der Waals surface area contributed by atoms with E-state index in [0.29, 0.717) is 6.54 Å². The molecule has 3 nitrogen and oxygen atoms in total. The molecule has 0 aromatic rings. The minimum atomic E-state index is -0.815. The summed E-state index contributed by atoms with van der Waals surface area (Å²) >= 11 is 0. The van der Waals surface area contributed by atoms with Gasteiger partial charge in [-0.05, 0) is 20.4 Å². The number of nitrogens with one attached hydrogen (secondary N) is 1. The van der Waals surface area contributed by atoms with E-state index in [1.54, 1.807) is 13.8 Å². The fourth-order valence-corrected chi connectivity index (χ4v) is 0.518. The molecule has 0 fully saturated rings. The number of rotatable bonds is 3. The van der Waals surface area contributed by atoms with E-state index in [1.165, 1.54) is 0 Å². The predicted molar refractivity (Wildman–Crippen MR) is 42.6 cm³/mol. The summed E-state index contributed by atoms with van der Waals surface area (Å²) in [4.78, 5) is 10.3. The van der Waals surface area contributed by atoms with E-state index in [1.807, 2.05) is 6.92 Å². The quantitative estimate of drug-likeness (QED) is 0.656. The van der Waals surface area contributed by atoms with Gasteiger partial charge in [0.05, 0.1) is 0 Å². The van der Waals surface area contributed by atoms with Crippen LogP contribution in [0.4, 0.5) is 0 Å². The standard InChI is InChI=1S/C6H13NO2.ClH/c1-4-7-6(2,3)5(8)9;/h7H,4H2,1-3H3,(H,8,9);1H. The van der Waals surface area contributed by atoms with E-state index in [4.69, 9.17) is 5.11 Å². The third kappa shape index (κ3) is 3.69. The van der Waals surface area contributed by atoms with Crippen LogP contribution in [0.15, 0.2) is 0 Å². The molecule has 2 N–H and O–H groups in total. The molecule has 4 heteroatoms. The van der Waals surface area contributed by atoms with Gasteiger partial charge >= 0.3 is 5.97 Å². The molecule has 0 saturated heterocycles. The number of hydrogen-bond donors (Lipinski definition) is 2. The van der Waals surface area contributed by atoms with Crippen LogP contribution < -0.4 is 5.32 Å². The van der Waals surface area contributed by atoms with Crippen molar-refractivity contribution in [3.63, 3.8) is 0 Å². The monoisotopic (exact) mass is 167 g/mol. The van der Waals surface area contributed by atoms with Crippen LogP contribution >= 0.6 is 12.4 Å². The summed E-state index contributed by atoms with van der Waals surface area (Å²) in [6.45, 7) is 5.83. The molecule has 0 amide bonds. The number of aliphatic carboxylic acids is 1. The molecule has 0 aliphatic heterocycles. The van der Waals surface area contributed by atoms with Gasteiger partial charge in [0.1, 0.15) is 5.54 Å². The highest BCUT2D eigenvalue weighted by molar-refractivity contribution is 5.85. The summed E-state index contributed by atoms with van der Waals surface area (Å²) in [6, 6.07) is 0. The number of carboxylic acid groups (broad SMARTS) is 1. The third-order valence-corrected chi connectivity index (χ3v) is 1.15. The zero-order valence-corrected chi connectivity index (χ0v) is 7.29. The lowest BCUT2D eigenvalue weighted by molar-refractivity contribution is -0.143. The summed E-state index contributed by atoms with van der Waals surface area (Å²) in [7, 11) is 0. The lowest BCUT2D eigenvalue weighted by Gasteiger charge is -2.19. The van der Waals surface area contributed by atoms with Gasteiger partial charge in [0.2, 0.25) is 0 Å².